The lowest BCUT2D eigenvalue weighted by Crippen LogP contribution is -2.22. The van der Waals surface area contributed by atoms with Crippen molar-refractivity contribution in [3.63, 3.8) is 0 Å². The molecule has 17 heavy (non-hydrogen) atoms. The number of hydrogen-bond acceptors (Lipinski definition) is 5. The second-order valence-corrected chi connectivity index (χ2v) is 7.77. The first-order valence-corrected chi connectivity index (χ1v) is 7.74. The maximum absolute atomic E-state index is 11.8. The van der Waals surface area contributed by atoms with Crippen LogP contribution in [0, 0.1) is 6.92 Å². The fraction of sp³-hybridized carbons (Fsp3) is 0.222. The summed E-state index contributed by atoms with van der Waals surface area (Å²) in [4.78, 5) is 0. The van der Waals surface area contributed by atoms with Crippen LogP contribution in [0.1, 0.15) is 11.5 Å². The molecule has 2 aromatic rings. The molecule has 0 unspecified atom stereocenters. The Kier molecular flexibility index (Phi) is 3.67. The van der Waals surface area contributed by atoms with Crippen molar-refractivity contribution in [1.29, 1.82) is 0 Å². The zero-order valence-electron chi connectivity index (χ0n) is 8.81. The van der Waals surface area contributed by atoms with E-state index in [2.05, 4.69) is 25.8 Å². The third-order valence-corrected chi connectivity index (χ3v) is 5.45. The minimum atomic E-state index is -3.47. The summed E-state index contributed by atoms with van der Waals surface area (Å²) in [7, 11) is -3.47. The Balaban J connectivity index is 2.08. The quantitative estimate of drug-likeness (QED) is 0.929. The predicted octanol–water partition coefficient (Wildman–Crippen LogP) is 2.29. The lowest BCUT2D eigenvalue weighted by atomic mass is 10.4. The highest BCUT2D eigenvalue weighted by molar-refractivity contribution is 9.11. The summed E-state index contributed by atoms with van der Waals surface area (Å²) in [5.74, 6) is 0.651. The summed E-state index contributed by atoms with van der Waals surface area (Å²) in [6.07, 6.45) is 0. The van der Waals surface area contributed by atoms with Crippen molar-refractivity contribution in [2.24, 2.45) is 0 Å². The van der Waals surface area contributed by atoms with Gasteiger partial charge < -0.3 is 4.52 Å². The highest BCUT2D eigenvalue weighted by Gasteiger charge is 2.16. The fourth-order valence-corrected chi connectivity index (χ4v) is 4.24. The summed E-state index contributed by atoms with van der Waals surface area (Å²) in [6, 6.07) is 4.93. The Morgan fingerprint density at radius 1 is 1.53 bits per heavy atom. The molecule has 5 nitrogen and oxygen atoms in total. The molecule has 0 fully saturated rings. The number of nitrogens with zero attached hydrogens (tertiary/aromatic N) is 1. The van der Waals surface area contributed by atoms with Gasteiger partial charge in [-0.1, -0.05) is 5.16 Å². The molecule has 0 aliphatic rings. The van der Waals surface area contributed by atoms with E-state index in [-0.39, 0.29) is 10.8 Å². The van der Waals surface area contributed by atoms with Crippen LogP contribution in [0.15, 0.2) is 30.7 Å². The SMILES string of the molecule is Cc1cc(CNS(=O)(=O)c2ccc(Br)s2)no1. The van der Waals surface area contributed by atoms with Gasteiger partial charge in [0.15, 0.2) is 0 Å². The molecule has 0 atom stereocenters. The van der Waals surface area contributed by atoms with Crippen molar-refractivity contribution in [3.8, 4) is 0 Å². The van der Waals surface area contributed by atoms with Crippen LogP contribution in [-0.4, -0.2) is 13.6 Å². The largest absolute Gasteiger partial charge is 0.361 e. The topological polar surface area (TPSA) is 72.2 Å². The van der Waals surface area contributed by atoms with Gasteiger partial charge in [-0.05, 0) is 35.0 Å². The number of thiophene rings is 1. The van der Waals surface area contributed by atoms with Crippen molar-refractivity contribution in [3.05, 3.63) is 33.4 Å². The van der Waals surface area contributed by atoms with Crippen molar-refractivity contribution in [2.75, 3.05) is 0 Å². The van der Waals surface area contributed by atoms with E-state index in [1.165, 1.54) is 0 Å². The maximum Gasteiger partial charge on any atom is 0.250 e. The molecule has 0 amide bonds. The third-order valence-electron chi connectivity index (χ3n) is 1.93. The van der Waals surface area contributed by atoms with E-state index in [0.29, 0.717) is 11.5 Å². The normalized spacial score (nSPS) is 11.9. The number of halogens is 1. The molecule has 2 aromatic heterocycles. The standard InChI is InChI=1S/C9H9BrN2O3S2/c1-6-4-7(12-15-6)5-11-17(13,14)9-3-2-8(10)16-9/h2-4,11H,5H2,1H3. The molecule has 0 aromatic carbocycles. The maximum atomic E-state index is 11.8. The first-order valence-electron chi connectivity index (χ1n) is 4.64. The molecule has 2 heterocycles. The molecular weight excluding hydrogens is 328 g/mol. The van der Waals surface area contributed by atoms with Gasteiger partial charge in [0.2, 0.25) is 10.0 Å². The van der Waals surface area contributed by atoms with Crippen molar-refractivity contribution >= 4 is 37.3 Å². The van der Waals surface area contributed by atoms with Crippen LogP contribution in [0.25, 0.3) is 0 Å². The van der Waals surface area contributed by atoms with Crippen LogP contribution in [0.2, 0.25) is 0 Å². The van der Waals surface area contributed by atoms with Gasteiger partial charge in [-0.25, -0.2) is 13.1 Å². The van der Waals surface area contributed by atoms with E-state index in [0.717, 1.165) is 15.1 Å². The number of nitrogens with one attached hydrogen (secondary N) is 1. The Morgan fingerprint density at radius 3 is 2.82 bits per heavy atom. The smallest absolute Gasteiger partial charge is 0.250 e. The molecule has 0 saturated heterocycles. The monoisotopic (exact) mass is 336 g/mol. The van der Waals surface area contributed by atoms with Crippen LogP contribution >= 0.6 is 27.3 Å². The van der Waals surface area contributed by atoms with E-state index in [4.69, 9.17) is 4.52 Å². The summed E-state index contributed by atoms with van der Waals surface area (Å²) in [6.45, 7) is 1.87. The van der Waals surface area contributed by atoms with Crippen LogP contribution in [0.4, 0.5) is 0 Å². The highest BCUT2D eigenvalue weighted by Crippen LogP contribution is 2.25. The minimum absolute atomic E-state index is 0.120. The third kappa shape index (κ3) is 3.15. The molecule has 1 N–H and O–H groups in total. The Bertz CT molecular complexity index is 618. The Morgan fingerprint density at radius 2 is 2.29 bits per heavy atom. The van der Waals surface area contributed by atoms with Gasteiger partial charge >= 0.3 is 0 Å². The van der Waals surface area contributed by atoms with Gasteiger partial charge in [-0.2, -0.15) is 0 Å². The predicted molar refractivity (Wildman–Crippen MR) is 67.3 cm³/mol. The second-order valence-electron chi connectivity index (χ2n) is 3.31. The first kappa shape index (κ1) is 12.7. The molecule has 8 heteroatoms. The minimum Gasteiger partial charge on any atom is -0.361 e. The average molecular weight is 337 g/mol. The fourth-order valence-electron chi connectivity index (χ4n) is 1.18. The molecule has 2 rings (SSSR count). The zero-order chi connectivity index (χ0) is 12.5. The van der Waals surface area contributed by atoms with Crippen molar-refractivity contribution < 1.29 is 12.9 Å². The van der Waals surface area contributed by atoms with Gasteiger partial charge in [-0.15, -0.1) is 11.3 Å². The van der Waals surface area contributed by atoms with Crippen molar-refractivity contribution in [2.45, 2.75) is 17.7 Å². The zero-order valence-corrected chi connectivity index (χ0v) is 12.0. The van der Waals surface area contributed by atoms with Crippen LogP contribution in [-0.2, 0) is 16.6 Å². The van der Waals surface area contributed by atoms with Gasteiger partial charge in [0.05, 0.1) is 16.0 Å². The second kappa shape index (κ2) is 4.89. The van der Waals surface area contributed by atoms with Gasteiger partial charge in [0.25, 0.3) is 0 Å². The molecule has 0 spiro atoms. The first-order chi connectivity index (χ1) is 7.97. The number of aryl methyl sites for hydroxylation is 1. The summed E-state index contributed by atoms with van der Waals surface area (Å²) < 4.78 is 32.0. The van der Waals surface area contributed by atoms with Gasteiger partial charge in [0.1, 0.15) is 9.97 Å². The number of hydrogen-bond donors (Lipinski definition) is 1. The van der Waals surface area contributed by atoms with E-state index in [1.807, 2.05) is 0 Å². The molecule has 0 aliphatic carbocycles. The molecule has 92 valence electrons. The molecule has 0 bridgehead atoms. The lowest BCUT2D eigenvalue weighted by Gasteiger charge is -2.01. The molecule has 0 radical (unpaired) electrons. The Hall–Kier alpha value is -0.700. The van der Waals surface area contributed by atoms with E-state index in [9.17, 15) is 8.42 Å². The number of rotatable bonds is 4. The van der Waals surface area contributed by atoms with E-state index in [1.54, 1.807) is 25.1 Å². The van der Waals surface area contributed by atoms with Crippen LogP contribution < -0.4 is 4.72 Å². The van der Waals surface area contributed by atoms with E-state index < -0.39 is 10.0 Å². The molecule has 0 aliphatic heterocycles. The van der Waals surface area contributed by atoms with Gasteiger partial charge in [0, 0.05) is 6.07 Å². The molecular formula is C9H9BrN2O3S2. The Labute approximate surface area is 111 Å². The summed E-state index contributed by atoms with van der Waals surface area (Å²) in [5.41, 5.74) is 0.557. The van der Waals surface area contributed by atoms with Crippen molar-refractivity contribution in [1.82, 2.24) is 9.88 Å². The average Bonchev–Trinajstić information content (AvgIpc) is 2.85. The van der Waals surface area contributed by atoms with Gasteiger partial charge in [-0.3, -0.25) is 0 Å². The number of sulfonamides is 1. The lowest BCUT2D eigenvalue weighted by molar-refractivity contribution is 0.390. The van der Waals surface area contributed by atoms with Crippen LogP contribution in [0.3, 0.4) is 0 Å². The summed E-state index contributed by atoms with van der Waals surface area (Å²) >= 11 is 4.38. The highest BCUT2D eigenvalue weighted by atomic mass is 79.9. The number of aromatic nitrogens is 1. The molecule has 0 saturated carbocycles. The van der Waals surface area contributed by atoms with E-state index >= 15 is 0 Å². The van der Waals surface area contributed by atoms with Crippen LogP contribution in [0.5, 0.6) is 0 Å². The summed E-state index contributed by atoms with van der Waals surface area (Å²) in [5, 5.41) is 3.71.